The van der Waals surface area contributed by atoms with Crippen LogP contribution in [0.4, 0.5) is 0 Å². The molecule has 3 saturated carbocycles. The summed E-state index contributed by atoms with van der Waals surface area (Å²) in [7, 11) is 0. The third-order valence-electron chi connectivity index (χ3n) is 6.82. The van der Waals surface area contributed by atoms with Crippen molar-refractivity contribution >= 4 is 28.6 Å². The Labute approximate surface area is 157 Å². The van der Waals surface area contributed by atoms with Crippen LogP contribution in [0.3, 0.4) is 0 Å². The van der Waals surface area contributed by atoms with Gasteiger partial charge in [0.15, 0.2) is 0 Å². The minimum absolute atomic E-state index is 0.0285. The van der Waals surface area contributed by atoms with E-state index in [0.717, 1.165) is 6.42 Å². The summed E-state index contributed by atoms with van der Waals surface area (Å²) in [4.78, 5) is 12.7. The Bertz CT molecular complexity index is 467. The monoisotopic (exact) mass is 530 g/mol. The molecule has 0 aromatic carbocycles. The topological polar surface area (TPSA) is 48.2 Å². The van der Waals surface area contributed by atoms with Crippen molar-refractivity contribution in [1.29, 1.82) is 0 Å². The van der Waals surface area contributed by atoms with Crippen LogP contribution in [0.15, 0.2) is 0 Å². The third kappa shape index (κ3) is 2.65. The van der Waals surface area contributed by atoms with Gasteiger partial charge in [0.1, 0.15) is 0 Å². The predicted molar refractivity (Wildman–Crippen MR) is 90.3 cm³/mol. The van der Waals surface area contributed by atoms with Gasteiger partial charge >= 0.3 is 159 Å². The molecule has 1 N–H and O–H groups in total. The van der Waals surface area contributed by atoms with E-state index in [4.69, 9.17) is 4.74 Å². The summed E-state index contributed by atoms with van der Waals surface area (Å²) in [6.45, 7) is 2.28. The second-order valence-corrected chi connectivity index (χ2v) is 12.2. The first-order chi connectivity index (χ1) is 10.5. The molecule has 3 nitrogen and oxygen atoms in total. The zero-order valence-corrected chi connectivity index (χ0v) is 17.6. The van der Waals surface area contributed by atoms with E-state index >= 15 is 0 Å². The van der Waals surface area contributed by atoms with Crippen LogP contribution in [0.2, 0.25) is 0 Å². The standard InChI is InChI=1S/C17H26I2NO2/c1-15(22-14(21)12(18)13-19-20-13)10-16(6-2-3-7-16)11-17(15)8-4-5-9-17/h12-13,20H,2-11H2,1H3/q-1. The van der Waals surface area contributed by atoms with Crippen molar-refractivity contribution in [3.8, 4) is 0 Å². The van der Waals surface area contributed by atoms with Gasteiger partial charge in [-0.15, -0.1) is 0 Å². The first-order valence-corrected chi connectivity index (χ1v) is 12.3. The van der Waals surface area contributed by atoms with Crippen molar-refractivity contribution in [3.63, 3.8) is 0 Å². The molecule has 4 aliphatic rings. The average Bonchev–Trinajstić information content (AvgIpc) is 2.97. The summed E-state index contributed by atoms with van der Waals surface area (Å²) in [5.74, 6) is 0.0547. The maximum absolute atomic E-state index is 12.7. The SMILES string of the molecule is CC1(OC(=O)C(I)C2N[I-]2)CC2(CCCC2)CC12CCCC2. The fourth-order valence-electron chi connectivity index (χ4n) is 5.80. The van der Waals surface area contributed by atoms with Crippen molar-refractivity contribution in [2.24, 2.45) is 10.8 Å². The Hall–Kier alpha value is 0.890. The number of hydrogen-bond acceptors (Lipinski definition) is 3. The van der Waals surface area contributed by atoms with Crippen LogP contribution in [-0.2, 0) is 9.53 Å². The van der Waals surface area contributed by atoms with Crippen LogP contribution in [0, 0.1) is 10.8 Å². The number of carbonyl (C=O) groups excluding carboxylic acids is 1. The van der Waals surface area contributed by atoms with Crippen LogP contribution < -0.4 is 25.0 Å². The number of rotatable bonds is 3. The fourth-order valence-corrected chi connectivity index (χ4v) is 8.88. The van der Waals surface area contributed by atoms with E-state index < -0.39 is 0 Å². The molecule has 3 aliphatic carbocycles. The molecule has 3 atom stereocenters. The molecule has 2 spiro atoms. The van der Waals surface area contributed by atoms with E-state index in [1.165, 1.54) is 57.8 Å². The number of ether oxygens (including phenoxy) is 1. The first kappa shape index (κ1) is 16.4. The quantitative estimate of drug-likeness (QED) is 0.148. The zero-order valence-electron chi connectivity index (χ0n) is 13.3. The van der Waals surface area contributed by atoms with Crippen molar-refractivity contribution in [2.45, 2.75) is 84.7 Å². The normalized spacial score (nSPS) is 39.8. The van der Waals surface area contributed by atoms with Gasteiger partial charge in [-0.2, -0.15) is 0 Å². The molecule has 0 radical (unpaired) electrons. The van der Waals surface area contributed by atoms with E-state index in [1.807, 2.05) is 0 Å². The molecule has 0 bridgehead atoms. The summed E-state index contributed by atoms with van der Waals surface area (Å²) < 4.78 is 10.2. The summed E-state index contributed by atoms with van der Waals surface area (Å²) in [5.41, 5.74) is 0.571. The van der Waals surface area contributed by atoms with Gasteiger partial charge in [-0.1, -0.05) is 0 Å². The van der Waals surface area contributed by atoms with Gasteiger partial charge in [0, 0.05) is 0 Å². The van der Waals surface area contributed by atoms with Crippen LogP contribution in [-0.4, -0.2) is 19.5 Å². The molecule has 1 saturated heterocycles. The van der Waals surface area contributed by atoms with Crippen LogP contribution in [0.1, 0.15) is 71.1 Å². The van der Waals surface area contributed by atoms with Crippen molar-refractivity contribution < 1.29 is 31.0 Å². The van der Waals surface area contributed by atoms with Crippen molar-refractivity contribution in [2.75, 3.05) is 0 Å². The van der Waals surface area contributed by atoms with Gasteiger partial charge in [0.05, 0.1) is 0 Å². The third-order valence-corrected chi connectivity index (χ3v) is 11.5. The molecule has 3 unspecified atom stereocenters. The Morgan fingerprint density at radius 1 is 1.18 bits per heavy atom. The maximum atomic E-state index is 12.7. The Kier molecular flexibility index (Phi) is 4.25. The Morgan fingerprint density at radius 3 is 2.36 bits per heavy atom. The molecule has 126 valence electrons. The summed E-state index contributed by atoms with van der Waals surface area (Å²) in [5, 5.41) is 0. The van der Waals surface area contributed by atoms with E-state index in [-0.39, 0.29) is 42.4 Å². The summed E-state index contributed by atoms with van der Waals surface area (Å²) in [6, 6.07) is 0. The summed E-state index contributed by atoms with van der Waals surface area (Å²) in [6.07, 6.45) is 13.1. The molecule has 0 aromatic rings. The number of esters is 1. The molecule has 5 heteroatoms. The van der Waals surface area contributed by atoms with Crippen molar-refractivity contribution in [1.82, 2.24) is 3.53 Å². The van der Waals surface area contributed by atoms with Gasteiger partial charge in [-0.3, -0.25) is 0 Å². The van der Waals surface area contributed by atoms with Gasteiger partial charge in [0.2, 0.25) is 0 Å². The van der Waals surface area contributed by atoms with Gasteiger partial charge in [-0.05, 0) is 0 Å². The molecule has 0 amide bonds. The zero-order chi connectivity index (χ0) is 15.4. The van der Waals surface area contributed by atoms with E-state index in [9.17, 15) is 4.79 Å². The molecule has 0 aromatic heterocycles. The van der Waals surface area contributed by atoms with E-state index in [2.05, 4.69) is 33.0 Å². The van der Waals surface area contributed by atoms with Crippen molar-refractivity contribution in [3.05, 3.63) is 0 Å². The number of nitrogens with one attached hydrogen (secondary N) is 1. The summed E-state index contributed by atoms with van der Waals surface area (Å²) >= 11 is 2.37. The first-order valence-electron chi connectivity index (χ1n) is 8.73. The van der Waals surface area contributed by atoms with Crippen LogP contribution in [0.5, 0.6) is 0 Å². The molecular weight excluding hydrogens is 504 g/mol. The Morgan fingerprint density at radius 2 is 1.77 bits per heavy atom. The Balaban J connectivity index is 1.57. The number of alkyl halides is 2. The van der Waals surface area contributed by atoms with E-state index in [0.29, 0.717) is 9.46 Å². The number of carbonyl (C=O) groups is 1. The van der Waals surface area contributed by atoms with Gasteiger partial charge in [-0.25, -0.2) is 0 Å². The van der Waals surface area contributed by atoms with Crippen LogP contribution in [0.25, 0.3) is 0 Å². The molecule has 1 heterocycles. The van der Waals surface area contributed by atoms with Crippen LogP contribution >= 0.6 is 22.6 Å². The predicted octanol–water partition coefficient (Wildman–Crippen LogP) is 0.940. The molecule has 22 heavy (non-hydrogen) atoms. The van der Waals surface area contributed by atoms with Gasteiger partial charge < -0.3 is 0 Å². The second-order valence-electron chi connectivity index (χ2n) is 8.22. The molecule has 1 aliphatic heterocycles. The fraction of sp³-hybridized carbons (Fsp3) is 0.941. The number of hydrogen-bond donors (Lipinski definition) is 1. The average molecular weight is 530 g/mol. The molecule has 4 rings (SSSR count). The molecular formula is C17H26I2NO2-. The van der Waals surface area contributed by atoms with E-state index in [1.54, 1.807) is 0 Å². The second kappa shape index (κ2) is 5.71. The minimum atomic E-state index is -0.207. The number of halogens is 2. The van der Waals surface area contributed by atoms with Gasteiger partial charge in [0.25, 0.3) is 0 Å². The molecule has 4 fully saturated rings.